The first-order valence-electron chi connectivity index (χ1n) is 7.27. The first-order chi connectivity index (χ1) is 11.9. The smallest absolute Gasteiger partial charge is 0.282 e. The van der Waals surface area contributed by atoms with Crippen LogP contribution in [0.1, 0.15) is 23.7 Å². The van der Waals surface area contributed by atoms with Crippen LogP contribution in [-0.4, -0.2) is 17.4 Å². The van der Waals surface area contributed by atoms with Crippen LogP contribution in [0.2, 0.25) is 5.02 Å². The molecule has 0 fully saturated rings. The number of carbonyl (C=O) groups is 1. The van der Waals surface area contributed by atoms with Gasteiger partial charge in [0.05, 0.1) is 22.2 Å². The predicted molar refractivity (Wildman–Crippen MR) is 89.3 cm³/mol. The van der Waals surface area contributed by atoms with E-state index in [0.29, 0.717) is 13.0 Å². The predicted octanol–water partition coefficient (Wildman–Crippen LogP) is 4.36. The fourth-order valence-electron chi connectivity index (χ4n) is 1.89. The molecule has 0 unspecified atom stereocenters. The van der Waals surface area contributed by atoms with E-state index in [4.69, 9.17) is 21.4 Å². The van der Waals surface area contributed by atoms with Gasteiger partial charge in [-0.15, -0.1) is 0 Å². The molecule has 0 saturated heterocycles. The molecule has 2 rings (SSSR count). The molecule has 1 N–H and O–H groups in total. The summed E-state index contributed by atoms with van der Waals surface area (Å²) in [5.74, 6) is -1.65. The molecule has 0 aromatic heterocycles. The van der Waals surface area contributed by atoms with Gasteiger partial charge in [-0.25, -0.2) is 4.39 Å². The number of benzene rings is 2. The van der Waals surface area contributed by atoms with Crippen LogP contribution in [0.15, 0.2) is 36.4 Å². The Bertz CT molecular complexity index is 800. The number of para-hydroxylation sites is 1. The van der Waals surface area contributed by atoms with E-state index < -0.39 is 22.3 Å². The highest BCUT2D eigenvalue weighted by Crippen LogP contribution is 2.31. The molecular formula is C16H14ClFN2O5. The summed E-state index contributed by atoms with van der Waals surface area (Å²) in [6.07, 6.45) is 0.695. The van der Waals surface area contributed by atoms with Crippen LogP contribution in [0.4, 0.5) is 15.8 Å². The van der Waals surface area contributed by atoms with E-state index in [9.17, 15) is 19.3 Å². The number of rotatable bonds is 7. The Kier molecular flexibility index (Phi) is 6.26. The van der Waals surface area contributed by atoms with Crippen molar-refractivity contribution >= 4 is 28.9 Å². The van der Waals surface area contributed by atoms with Gasteiger partial charge in [0.2, 0.25) is 0 Å². The molecule has 2 aromatic carbocycles. The molecule has 0 spiro atoms. The lowest BCUT2D eigenvalue weighted by molar-refractivity contribution is -0.385. The Morgan fingerprint density at radius 3 is 2.76 bits per heavy atom. The van der Waals surface area contributed by atoms with Gasteiger partial charge in [-0.1, -0.05) is 30.7 Å². The number of halogens is 2. The molecule has 0 aliphatic heterocycles. The van der Waals surface area contributed by atoms with Crippen molar-refractivity contribution in [1.82, 2.24) is 0 Å². The lowest BCUT2D eigenvalue weighted by Gasteiger charge is -2.11. The monoisotopic (exact) mass is 368 g/mol. The summed E-state index contributed by atoms with van der Waals surface area (Å²) in [5.41, 5.74) is -0.841. The summed E-state index contributed by atoms with van der Waals surface area (Å²) in [6.45, 7) is 2.17. The molecule has 0 bridgehead atoms. The average molecular weight is 369 g/mol. The third kappa shape index (κ3) is 4.65. The van der Waals surface area contributed by atoms with Gasteiger partial charge in [0.25, 0.3) is 11.6 Å². The van der Waals surface area contributed by atoms with Crippen LogP contribution in [-0.2, 0) is 4.89 Å². The van der Waals surface area contributed by atoms with E-state index in [1.54, 1.807) is 0 Å². The highest BCUT2D eigenvalue weighted by molar-refractivity contribution is 6.32. The van der Waals surface area contributed by atoms with E-state index in [-0.39, 0.29) is 22.0 Å². The average Bonchev–Trinajstić information content (AvgIpc) is 2.58. The van der Waals surface area contributed by atoms with Crippen molar-refractivity contribution in [3.05, 3.63) is 62.9 Å². The molecule has 0 aliphatic rings. The molecule has 0 radical (unpaired) electrons. The van der Waals surface area contributed by atoms with Crippen LogP contribution in [0.5, 0.6) is 5.75 Å². The quantitative estimate of drug-likeness (QED) is 0.339. The Hall–Kier alpha value is -2.71. The lowest BCUT2D eigenvalue weighted by Crippen LogP contribution is -2.15. The van der Waals surface area contributed by atoms with Gasteiger partial charge in [0.15, 0.2) is 5.75 Å². The van der Waals surface area contributed by atoms with Gasteiger partial charge in [-0.2, -0.15) is 4.89 Å². The zero-order chi connectivity index (χ0) is 18.4. The van der Waals surface area contributed by atoms with Crippen LogP contribution in [0, 0.1) is 15.9 Å². The van der Waals surface area contributed by atoms with Gasteiger partial charge >= 0.3 is 0 Å². The second-order valence-corrected chi connectivity index (χ2v) is 5.30. The zero-order valence-electron chi connectivity index (χ0n) is 13.1. The summed E-state index contributed by atoms with van der Waals surface area (Å²) < 4.78 is 14.0. The molecule has 7 nitrogen and oxygen atoms in total. The van der Waals surface area contributed by atoms with Crippen molar-refractivity contribution in [2.24, 2.45) is 0 Å². The number of hydrogen-bond acceptors (Lipinski definition) is 5. The van der Waals surface area contributed by atoms with E-state index in [2.05, 4.69) is 5.32 Å². The second kappa shape index (κ2) is 8.41. The number of hydrogen-bond donors (Lipinski definition) is 1. The summed E-state index contributed by atoms with van der Waals surface area (Å²) in [7, 11) is 0. The van der Waals surface area contributed by atoms with Gasteiger partial charge in [0, 0.05) is 12.1 Å². The second-order valence-electron chi connectivity index (χ2n) is 4.90. The molecule has 25 heavy (non-hydrogen) atoms. The van der Waals surface area contributed by atoms with Crippen molar-refractivity contribution in [3.63, 3.8) is 0 Å². The fourth-order valence-corrected chi connectivity index (χ4v) is 2.07. The summed E-state index contributed by atoms with van der Waals surface area (Å²) in [4.78, 5) is 32.4. The molecule has 0 atom stereocenters. The maximum atomic E-state index is 14.0. The SMILES string of the molecule is CCCOOc1cc(NC(=O)c2ccccc2[N+](=O)[O-])c(F)cc1Cl. The van der Waals surface area contributed by atoms with Crippen LogP contribution < -0.4 is 10.2 Å². The first kappa shape index (κ1) is 18.6. The highest BCUT2D eigenvalue weighted by Gasteiger charge is 2.21. The van der Waals surface area contributed by atoms with Crippen LogP contribution in [0.25, 0.3) is 0 Å². The molecule has 2 aromatic rings. The number of amides is 1. The molecule has 0 aliphatic carbocycles. The highest BCUT2D eigenvalue weighted by atomic mass is 35.5. The van der Waals surface area contributed by atoms with Gasteiger partial charge < -0.3 is 10.2 Å². The van der Waals surface area contributed by atoms with Crippen molar-refractivity contribution in [3.8, 4) is 5.75 Å². The normalized spacial score (nSPS) is 10.4. The summed E-state index contributed by atoms with van der Waals surface area (Å²) in [6, 6.07) is 7.42. The van der Waals surface area contributed by atoms with Crippen molar-refractivity contribution in [1.29, 1.82) is 0 Å². The molecular weight excluding hydrogens is 355 g/mol. The number of carbonyl (C=O) groups excluding carboxylic acids is 1. The third-order valence-corrected chi connectivity index (χ3v) is 3.35. The Morgan fingerprint density at radius 2 is 2.08 bits per heavy atom. The van der Waals surface area contributed by atoms with Crippen molar-refractivity contribution in [2.45, 2.75) is 13.3 Å². The molecule has 1 amide bonds. The Balaban J connectivity index is 2.26. The number of nitrogens with one attached hydrogen (secondary N) is 1. The molecule has 0 heterocycles. The number of nitrogens with zero attached hydrogens (tertiary/aromatic N) is 1. The number of anilines is 1. The van der Waals surface area contributed by atoms with Crippen LogP contribution >= 0.6 is 11.6 Å². The lowest BCUT2D eigenvalue weighted by atomic mass is 10.1. The van der Waals surface area contributed by atoms with Crippen molar-refractivity contribution in [2.75, 3.05) is 11.9 Å². The van der Waals surface area contributed by atoms with Gasteiger partial charge in [-0.3, -0.25) is 14.9 Å². The summed E-state index contributed by atoms with van der Waals surface area (Å²) >= 11 is 5.85. The third-order valence-electron chi connectivity index (χ3n) is 3.05. The van der Waals surface area contributed by atoms with E-state index >= 15 is 0 Å². The Morgan fingerprint density at radius 1 is 1.36 bits per heavy atom. The van der Waals surface area contributed by atoms with E-state index in [1.807, 2.05) is 6.92 Å². The molecule has 0 saturated carbocycles. The van der Waals surface area contributed by atoms with E-state index in [1.165, 1.54) is 24.3 Å². The molecule has 9 heteroatoms. The maximum absolute atomic E-state index is 14.0. The minimum atomic E-state index is -0.839. The minimum Gasteiger partial charge on any atom is -0.336 e. The summed E-state index contributed by atoms with van der Waals surface area (Å²) in [5, 5.41) is 13.2. The van der Waals surface area contributed by atoms with E-state index in [0.717, 1.165) is 12.1 Å². The minimum absolute atomic E-state index is 0.00868. The first-order valence-corrected chi connectivity index (χ1v) is 7.65. The van der Waals surface area contributed by atoms with Crippen molar-refractivity contribution < 1.29 is 23.9 Å². The van der Waals surface area contributed by atoms with Gasteiger partial charge in [-0.05, 0) is 18.6 Å². The zero-order valence-corrected chi connectivity index (χ0v) is 13.9. The standard InChI is InChI=1S/C16H14ClFN2O5/c1-2-7-24-25-15-9-13(12(18)8-11(15)17)19-16(21)10-5-3-4-6-14(10)20(22)23/h3-6,8-9H,2,7H2,1H3,(H,19,21). The van der Waals surface area contributed by atoms with Crippen LogP contribution in [0.3, 0.4) is 0 Å². The Labute approximate surface area is 147 Å². The molecule has 132 valence electrons. The van der Waals surface area contributed by atoms with Gasteiger partial charge in [0.1, 0.15) is 11.4 Å². The fraction of sp³-hybridized carbons (Fsp3) is 0.188. The number of nitro groups is 1. The maximum Gasteiger partial charge on any atom is 0.282 e. The topological polar surface area (TPSA) is 90.7 Å². The number of nitro benzene ring substituents is 1. The largest absolute Gasteiger partial charge is 0.336 e.